The van der Waals surface area contributed by atoms with Crippen molar-refractivity contribution in [3.8, 4) is 17.2 Å². The lowest BCUT2D eigenvalue weighted by Gasteiger charge is -2.23. The second-order valence-corrected chi connectivity index (χ2v) is 6.41. The number of nitrogens with one attached hydrogen (secondary N) is 1. The highest BCUT2D eigenvalue weighted by molar-refractivity contribution is 7.99. The van der Waals surface area contributed by atoms with Crippen LogP contribution in [0.15, 0.2) is 42.5 Å². The molecule has 1 aliphatic heterocycles. The maximum Gasteiger partial charge on any atom is 0.169 e. The summed E-state index contributed by atoms with van der Waals surface area (Å²) < 4.78 is 5.73. The molecular formula is C17H19NO2S. The van der Waals surface area contributed by atoms with Gasteiger partial charge in [-0.05, 0) is 61.0 Å². The smallest absolute Gasteiger partial charge is 0.169 e. The van der Waals surface area contributed by atoms with Crippen molar-refractivity contribution in [2.45, 2.75) is 18.7 Å². The van der Waals surface area contributed by atoms with Gasteiger partial charge in [-0.25, -0.2) is 0 Å². The predicted molar refractivity (Wildman–Crippen MR) is 87.2 cm³/mol. The molecule has 4 heteroatoms. The molecule has 110 valence electrons. The summed E-state index contributed by atoms with van der Waals surface area (Å²) in [6, 6.07) is 13.5. The summed E-state index contributed by atoms with van der Waals surface area (Å²) in [6.07, 6.45) is 1.23. The molecule has 3 rings (SSSR count). The minimum absolute atomic E-state index is 0.170. The van der Waals surface area contributed by atoms with Crippen molar-refractivity contribution in [2.24, 2.45) is 0 Å². The van der Waals surface area contributed by atoms with Gasteiger partial charge in [-0.1, -0.05) is 18.2 Å². The quantitative estimate of drug-likeness (QED) is 0.890. The van der Waals surface area contributed by atoms with Crippen molar-refractivity contribution < 1.29 is 9.84 Å². The van der Waals surface area contributed by atoms with E-state index in [1.165, 1.54) is 17.7 Å². The highest BCUT2D eigenvalue weighted by atomic mass is 32.2. The summed E-state index contributed by atoms with van der Waals surface area (Å²) in [5, 5.41) is 13.8. The van der Waals surface area contributed by atoms with Crippen LogP contribution in [0.4, 0.5) is 0 Å². The molecule has 0 saturated carbocycles. The van der Waals surface area contributed by atoms with Crippen LogP contribution in [0.25, 0.3) is 0 Å². The Bertz CT molecular complexity index is 607. The van der Waals surface area contributed by atoms with Crippen molar-refractivity contribution in [2.75, 3.05) is 12.3 Å². The highest BCUT2D eigenvalue weighted by Crippen LogP contribution is 2.33. The number of aromatic hydroxyl groups is 1. The lowest BCUT2D eigenvalue weighted by molar-refractivity contribution is 0.411. The van der Waals surface area contributed by atoms with Crippen LogP contribution in [0.3, 0.4) is 0 Å². The second kappa shape index (κ2) is 6.41. The van der Waals surface area contributed by atoms with E-state index in [9.17, 15) is 5.11 Å². The number of phenolic OH excluding ortho intramolecular Hbond substituents is 1. The Balaban J connectivity index is 1.71. The zero-order valence-electron chi connectivity index (χ0n) is 12.0. The van der Waals surface area contributed by atoms with E-state index < -0.39 is 0 Å². The lowest BCUT2D eigenvalue weighted by atomic mass is 10.2. The molecule has 0 radical (unpaired) electrons. The molecule has 1 aliphatic rings. The van der Waals surface area contributed by atoms with Gasteiger partial charge in [0.05, 0.1) is 5.37 Å². The van der Waals surface area contributed by atoms with Gasteiger partial charge in [-0.3, -0.25) is 0 Å². The predicted octanol–water partition coefficient (Wildman–Crippen LogP) is 4.22. The minimum atomic E-state index is 0.170. The summed E-state index contributed by atoms with van der Waals surface area (Å²) in [6.45, 7) is 3.01. The first-order chi connectivity index (χ1) is 10.2. The largest absolute Gasteiger partial charge is 0.504 e. The first kappa shape index (κ1) is 14.3. The van der Waals surface area contributed by atoms with Crippen molar-refractivity contribution in [3.05, 3.63) is 53.6 Å². The van der Waals surface area contributed by atoms with Crippen LogP contribution in [-0.4, -0.2) is 17.4 Å². The number of benzene rings is 2. The third-order valence-corrected chi connectivity index (χ3v) is 4.76. The fourth-order valence-corrected chi connectivity index (χ4v) is 3.46. The topological polar surface area (TPSA) is 41.5 Å². The summed E-state index contributed by atoms with van der Waals surface area (Å²) in [5.41, 5.74) is 2.27. The van der Waals surface area contributed by atoms with Crippen molar-refractivity contribution >= 4 is 11.8 Å². The van der Waals surface area contributed by atoms with Gasteiger partial charge in [0.15, 0.2) is 11.5 Å². The van der Waals surface area contributed by atoms with Gasteiger partial charge in [-0.15, -0.1) is 11.8 Å². The second-order valence-electron chi connectivity index (χ2n) is 5.20. The fourth-order valence-electron chi connectivity index (χ4n) is 2.33. The van der Waals surface area contributed by atoms with E-state index in [1.54, 1.807) is 12.1 Å². The van der Waals surface area contributed by atoms with E-state index in [4.69, 9.17) is 4.74 Å². The standard InChI is InChI=1S/C17H19NO2S/c1-12-3-8-16(15(19)11-12)20-14-6-4-13(5-7-14)17-18-9-2-10-21-17/h3-8,11,17-19H,2,9-10H2,1H3. The van der Waals surface area contributed by atoms with E-state index in [0.717, 1.165) is 17.9 Å². The zero-order chi connectivity index (χ0) is 14.7. The molecule has 0 bridgehead atoms. The third kappa shape index (κ3) is 3.52. The number of thioether (sulfide) groups is 1. The molecule has 1 fully saturated rings. The molecular weight excluding hydrogens is 282 g/mol. The first-order valence-corrected chi connectivity index (χ1v) is 8.20. The number of ether oxygens (including phenoxy) is 1. The highest BCUT2D eigenvalue weighted by Gasteiger charge is 2.15. The molecule has 1 atom stereocenters. The van der Waals surface area contributed by atoms with E-state index in [1.807, 2.05) is 36.9 Å². The van der Waals surface area contributed by atoms with E-state index in [0.29, 0.717) is 11.1 Å². The van der Waals surface area contributed by atoms with E-state index in [-0.39, 0.29) is 5.75 Å². The Morgan fingerprint density at radius 1 is 1.19 bits per heavy atom. The molecule has 3 nitrogen and oxygen atoms in total. The molecule has 1 saturated heterocycles. The number of hydrogen-bond acceptors (Lipinski definition) is 4. The molecule has 0 amide bonds. The van der Waals surface area contributed by atoms with Crippen LogP contribution < -0.4 is 10.1 Å². The van der Waals surface area contributed by atoms with Crippen LogP contribution >= 0.6 is 11.8 Å². The summed E-state index contributed by atoms with van der Waals surface area (Å²) >= 11 is 1.94. The number of aryl methyl sites for hydroxylation is 1. The molecule has 21 heavy (non-hydrogen) atoms. The maximum absolute atomic E-state index is 9.87. The Labute approximate surface area is 129 Å². The van der Waals surface area contributed by atoms with Gasteiger partial charge in [0.2, 0.25) is 0 Å². The Kier molecular flexibility index (Phi) is 4.36. The van der Waals surface area contributed by atoms with Crippen LogP contribution in [-0.2, 0) is 0 Å². The molecule has 1 unspecified atom stereocenters. The van der Waals surface area contributed by atoms with Gasteiger partial charge in [0.25, 0.3) is 0 Å². The molecule has 1 heterocycles. The summed E-state index contributed by atoms with van der Waals surface area (Å²) in [4.78, 5) is 0. The van der Waals surface area contributed by atoms with Crippen LogP contribution in [0, 0.1) is 6.92 Å². The minimum Gasteiger partial charge on any atom is -0.504 e. The molecule has 0 spiro atoms. The average molecular weight is 301 g/mol. The third-order valence-electron chi connectivity index (χ3n) is 3.46. The average Bonchev–Trinajstić information content (AvgIpc) is 2.52. The Hall–Kier alpha value is -1.65. The molecule has 0 aliphatic carbocycles. The number of phenols is 1. The van der Waals surface area contributed by atoms with Gasteiger partial charge < -0.3 is 15.2 Å². The number of hydrogen-bond donors (Lipinski definition) is 2. The van der Waals surface area contributed by atoms with Crippen molar-refractivity contribution in [1.82, 2.24) is 5.32 Å². The molecule has 2 N–H and O–H groups in total. The van der Waals surface area contributed by atoms with Crippen LogP contribution in [0.5, 0.6) is 17.2 Å². The Morgan fingerprint density at radius 2 is 2.00 bits per heavy atom. The van der Waals surface area contributed by atoms with Crippen LogP contribution in [0.1, 0.15) is 22.9 Å². The normalized spacial score (nSPS) is 18.4. The molecule has 2 aromatic rings. The van der Waals surface area contributed by atoms with Crippen LogP contribution in [0.2, 0.25) is 0 Å². The SMILES string of the molecule is Cc1ccc(Oc2ccc(C3NCCCS3)cc2)c(O)c1. The first-order valence-electron chi connectivity index (χ1n) is 7.15. The van der Waals surface area contributed by atoms with Crippen molar-refractivity contribution in [1.29, 1.82) is 0 Å². The maximum atomic E-state index is 9.87. The van der Waals surface area contributed by atoms with Gasteiger partial charge in [0.1, 0.15) is 5.75 Å². The fraction of sp³-hybridized carbons (Fsp3) is 0.294. The lowest BCUT2D eigenvalue weighted by Crippen LogP contribution is -2.25. The van der Waals surface area contributed by atoms with Gasteiger partial charge in [0, 0.05) is 0 Å². The van der Waals surface area contributed by atoms with Crippen molar-refractivity contribution in [3.63, 3.8) is 0 Å². The van der Waals surface area contributed by atoms with E-state index >= 15 is 0 Å². The molecule has 2 aromatic carbocycles. The number of rotatable bonds is 3. The summed E-state index contributed by atoms with van der Waals surface area (Å²) in [7, 11) is 0. The van der Waals surface area contributed by atoms with Gasteiger partial charge >= 0.3 is 0 Å². The summed E-state index contributed by atoms with van der Waals surface area (Å²) in [5.74, 6) is 2.59. The molecule has 0 aromatic heterocycles. The Morgan fingerprint density at radius 3 is 2.67 bits per heavy atom. The zero-order valence-corrected chi connectivity index (χ0v) is 12.8. The van der Waals surface area contributed by atoms with Gasteiger partial charge in [-0.2, -0.15) is 0 Å². The van der Waals surface area contributed by atoms with E-state index in [2.05, 4.69) is 17.4 Å². The monoisotopic (exact) mass is 301 g/mol.